The molecule has 0 unspecified atom stereocenters. The monoisotopic (exact) mass is 368 g/mol. The summed E-state index contributed by atoms with van der Waals surface area (Å²) in [6.07, 6.45) is 15.4. The van der Waals surface area contributed by atoms with Gasteiger partial charge in [-0.05, 0) is 25.7 Å². The molecule has 0 heterocycles. The normalized spacial score (nSPS) is 13.6. The second kappa shape index (κ2) is 15.7. The number of rotatable bonds is 18. The zero-order chi connectivity index (χ0) is 19.7. The third kappa shape index (κ3) is 14.8. The summed E-state index contributed by atoms with van der Waals surface area (Å²) >= 11 is 0. The molecule has 5 heteroatoms. The molecule has 0 aromatic rings. The Morgan fingerprint density at radius 2 is 1.46 bits per heavy atom. The Morgan fingerprint density at radius 1 is 0.885 bits per heavy atom. The highest BCUT2D eigenvalue weighted by Gasteiger charge is 2.27. The summed E-state index contributed by atoms with van der Waals surface area (Å²) in [7, 11) is 0. The van der Waals surface area contributed by atoms with Crippen LogP contribution in [0.5, 0.6) is 0 Å². The number of carbonyl (C=O) groups excluding carboxylic acids is 2. The van der Waals surface area contributed by atoms with Crippen LogP contribution in [0.25, 0.3) is 0 Å². The van der Waals surface area contributed by atoms with Crippen molar-refractivity contribution in [2.24, 2.45) is 0 Å². The first-order chi connectivity index (χ1) is 12.4. The molecule has 0 rings (SSSR count). The fourth-order valence-corrected chi connectivity index (χ4v) is 2.82. The highest BCUT2D eigenvalue weighted by molar-refractivity contribution is 5.78. The largest absolute Gasteiger partial charge is 0.481 e. The third-order valence-corrected chi connectivity index (χ3v) is 4.45. The fourth-order valence-electron chi connectivity index (χ4n) is 2.82. The molecule has 0 amide bonds. The summed E-state index contributed by atoms with van der Waals surface area (Å²) < 4.78 is 0. The summed E-state index contributed by atoms with van der Waals surface area (Å²) in [5.74, 6) is -0.809. The van der Waals surface area contributed by atoms with Gasteiger partial charge in [0.15, 0.2) is 6.29 Å². The number of hydrogen-bond donors (Lipinski definition) is 2. The van der Waals surface area contributed by atoms with E-state index in [9.17, 15) is 19.5 Å². The first-order valence-corrected chi connectivity index (χ1v) is 10.0. The van der Waals surface area contributed by atoms with E-state index in [1.54, 1.807) is 6.08 Å². The maximum absolute atomic E-state index is 11.7. The lowest BCUT2D eigenvalue weighted by Crippen LogP contribution is -2.32. The van der Waals surface area contributed by atoms with Gasteiger partial charge in [-0.2, -0.15) is 0 Å². The van der Waals surface area contributed by atoms with Crippen LogP contribution in [0.4, 0.5) is 0 Å². The number of allylic oxidation sites excluding steroid dienone is 1. The Labute approximate surface area is 157 Å². The number of aliphatic carboxylic acids is 1. The number of ketones is 1. The Bertz CT molecular complexity index is 430. The van der Waals surface area contributed by atoms with Gasteiger partial charge in [-0.25, -0.2) is 0 Å². The molecule has 0 aromatic heterocycles. The summed E-state index contributed by atoms with van der Waals surface area (Å²) in [4.78, 5) is 33.1. The predicted octanol–water partition coefficient (Wildman–Crippen LogP) is 4.61. The van der Waals surface area contributed by atoms with E-state index in [0.717, 1.165) is 51.4 Å². The minimum absolute atomic E-state index is 0.0234. The van der Waals surface area contributed by atoms with E-state index in [4.69, 9.17) is 5.11 Å². The van der Waals surface area contributed by atoms with Crippen LogP contribution in [0.15, 0.2) is 12.2 Å². The molecule has 0 bridgehead atoms. The van der Waals surface area contributed by atoms with Gasteiger partial charge >= 0.3 is 5.97 Å². The summed E-state index contributed by atoms with van der Waals surface area (Å²) in [6.45, 7) is 2.19. The van der Waals surface area contributed by atoms with Gasteiger partial charge in [0.2, 0.25) is 0 Å². The summed E-state index contributed by atoms with van der Waals surface area (Å²) in [6, 6.07) is 0. The third-order valence-electron chi connectivity index (χ3n) is 4.45. The van der Waals surface area contributed by atoms with Crippen molar-refractivity contribution in [3.63, 3.8) is 0 Å². The van der Waals surface area contributed by atoms with Crippen molar-refractivity contribution >= 4 is 18.0 Å². The number of hydrogen-bond acceptors (Lipinski definition) is 4. The fraction of sp³-hybridized carbons (Fsp3) is 0.762. The molecule has 0 aliphatic heterocycles. The Kier molecular flexibility index (Phi) is 14.8. The molecule has 1 atom stereocenters. The number of unbranched alkanes of at least 4 members (excludes halogenated alkanes) is 8. The van der Waals surface area contributed by atoms with E-state index in [1.165, 1.54) is 19.3 Å². The molecule has 26 heavy (non-hydrogen) atoms. The topological polar surface area (TPSA) is 91.7 Å². The van der Waals surface area contributed by atoms with Crippen LogP contribution in [-0.2, 0) is 14.4 Å². The van der Waals surface area contributed by atoms with E-state index in [2.05, 4.69) is 6.92 Å². The molecule has 0 radical (unpaired) electrons. The lowest BCUT2D eigenvalue weighted by atomic mass is 9.97. The highest BCUT2D eigenvalue weighted by atomic mass is 16.4. The van der Waals surface area contributed by atoms with Crippen LogP contribution in [0.1, 0.15) is 96.8 Å². The molecule has 0 aliphatic carbocycles. The van der Waals surface area contributed by atoms with E-state index >= 15 is 0 Å². The average Bonchev–Trinajstić information content (AvgIpc) is 2.59. The smallest absolute Gasteiger partial charge is 0.306 e. The maximum atomic E-state index is 11.7. The molecule has 0 saturated heterocycles. The van der Waals surface area contributed by atoms with Crippen LogP contribution < -0.4 is 0 Å². The average molecular weight is 369 g/mol. The van der Waals surface area contributed by atoms with Gasteiger partial charge in [-0.3, -0.25) is 9.59 Å². The van der Waals surface area contributed by atoms with Gasteiger partial charge in [-0.1, -0.05) is 57.6 Å². The van der Waals surface area contributed by atoms with Crippen molar-refractivity contribution in [2.45, 2.75) is 102 Å². The van der Waals surface area contributed by atoms with Crippen molar-refractivity contribution in [3.05, 3.63) is 12.2 Å². The van der Waals surface area contributed by atoms with Crippen molar-refractivity contribution in [1.29, 1.82) is 0 Å². The van der Waals surface area contributed by atoms with Crippen LogP contribution in [0.3, 0.4) is 0 Å². The van der Waals surface area contributed by atoms with E-state index in [1.807, 2.05) is 6.08 Å². The van der Waals surface area contributed by atoms with E-state index in [0.29, 0.717) is 18.5 Å². The minimum Gasteiger partial charge on any atom is -0.481 e. The molecule has 0 aromatic carbocycles. The first kappa shape index (κ1) is 24.5. The number of Topliss-reactive ketones (excluding diaryl/α,β-unsaturated/α-hetero) is 1. The number of aldehydes is 1. The molecule has 2 N–H and O–H groups in total. The Hall–Kier alpha value is -1.49. The van der Waals surface area contributed by atoms with Gasteiger partial charge in [0.25, 0.3) is 0 Å². The van der Waals surface area contributed by atoms with Crippen LogP contribution in [0, 0.1) is 0 Å². The Morgan fingerprint density at radius 3 is 2.00 bits per heavy atom. The Balaban J connectivity index is 3.59. The molecule has 0 saturated carbocycles. The van der Waals surface area contributed by atoms with Gasteiger partial charge in [0.1, 0.15) is 11.4 Å². The zero-order valence-corrected chi connectivity index (χ0v) is 16.3. The second-order valence-electron chi connectivity index (χ2n) is 7.12. The van der Waals surface area contributed by atoms with Crippen molar-refractivity contribution in [1.82, 2.24) is 0 Å². The predicted molar refractivity (Wildman–Crippen MR) is 103 cm³/mol. The highest BCUT2D eigenvalue weighted by Crippen LogP contribution is 2.14. The molecule has 5 nitrogen and oxygen atoms in total. The van der Waals surface area contributed by atoms with Gasteiger partial charge in [0, 0.05) is 19.3 Å². The van der Waals surface area contributed by atoms with E-state index in [-0.39, 0.29) is 6.42 Å². The lowest BCUT2D eigenvalue weighted by molar-refractivity contribution is -0.146. The molecular formula is C21H36O5. The van der Waals surface area contributed by atoms with Crippen molar-refractivity contribution in [3.8, 4) is 0 Å². The standard InChI is InChI=1S/C21H36O5/c1-2-3-4-8-11-14-19(23)15-12-9-6-5-7-10-13-16-21(26,18-22)17-20(24)25/h10,13,18,26H,2-9,11-12,14-17H2,1H3,(H,24,25)/b13-10+/t21-/m1/s1. The van der Waals surface area contributed by atoms with Crippen LogP contribution in [0.2, 0.25) is 0 Å². The molecule has 0 fully saturated rings. The first-order valence-electron chi connectivity index (χ1n) is 10.0. The van der Waals surface area contributed by atoms with Gasteiger partial charge < -0.3 is 15.0 Å². The van der Waals surface area contributed by atoms with Gasteiger partial charge in [-0.15, -0.1) is 0 Å². The molecular weight excluding hydrogens is 332 g/mol. The number of carboxylic acid groups (broad SMARTS) is 1. The number of aliphatic hydroxyl groups is 1. The molecule has 0 aliphatic rings. The lowest BCUT2D eigenvalue weighted by Gasteiger charge is -2.16. The zero-order valence-electron chi connectivity index (χ0n) is 16.3. The summed E-state index contributed by atoms with van der Waals surface area (Å²) in [5, 5.41) is 18.4. The minimum atomic E-state index is -1.81. The number of carbonyl (C=O) groups is 3. The molecule has 0 spiro atoms. The van der Waals surface area contributed by atoms with Crippen LogP contribution >= 0.6 is 0 Å². The van der Waals surface area contributed by atoms with Gasteiger partial charge in [0.05, 0.1) is 6.42 Å². The maximum Gasteiger partial charge on any atom is 0.306 e. The second-order valence-corrected chi connectivity index (χ2v) is 7.12. The quantitative estimate of drug-likeness (QED) is 0.209. The van der Waals surface area contributed by atoms with Crippen LogP contribution in [-0.4, -0.2) is 33.9 Å². The number of carboxylic acids is 1. The summed E-state index contributed by atoms with van der Waals surface area (Å²) in [5.41, 5.74) is -1.81. The molecule has 150 valence electrons. The SMILES string of the molecule is CCCCCCCC(=O)CCCCCC/C=C/C[C@](O)(C=O)CC(=O)O. The van der Waals surface area contributed by atoms with Crippen molar-refractivity contribution in [2.75, 3.05) is 0 Å². The van der Waals surface area contributed by atoms with E-state index < -0.39 is 18.0 Å². The van der Waals surface area contributed by atoms with Crippen molar-refractivity contribution < 1.29 is 24.6 Å².